The molecule has 5 rings (SSSR count). The Morgan fingerprint density at radius 2 is 1.57 bits per heavy atom. The Morgan fingerprint density at radius 1 is 1.07 bits per heavy atom. The van der Waals surface area contributed by atoms with Gasteiger partial charge in [0.05, 0.1) is 10.9 Å². The third kappa shape index (κ3) is 3.84. The van der Waals surface area contributed by atoms with Crippen molar-refractivity contribution in [3.8, 4) is 0 Å². The van der Waals surface area contributed by atoms with Crippen molar-refractivity contribution in [3.05, 3.63) is 24.3 Å². The van der Waals surface area contributed by atoms with Crippen LogP contribution in [0.15, 0.2) is 29.2 Å². The minimum Gasteiger partial charge on any atom is -0.334 e. The Hall–Kier alpha value is -1.44. The number of nitrogens with one attached hydrogen (secondary N) is 1. The first-order valence-corrected chi connectivity index (χ1v) is 12.0. The molecule has 2 atom stereocenters. The zero-order valence-corrected chi connectivity index (χ0v) is 17.5. The molecular weight excluding hydrogens is 374 g/mol. The highest BCUT2D eigenvalue weighted by molar-refractivity contribution is 7.89. The molecule has 0 spiro atoms. The first kappa shape index (κ1) is 19.9. The van der Waals surface area contributed by atoms with Crippen molar-refractivity contribution in [2.75, 3.05) is 5.32 Å². The number of hydrogen-bond donors (Lipinski definition) is 3. The van der Waals surface area contributed by atoms with Crippen LogP contribution in [0, 0.1) is 23.2 Å². The first-order chi connectivity index (χ1) is 13.1. The SMILES string of the molecule is C[C@H]([NH2+][C@@H](C)C12CC3CC(CC(C3)C1)C2)C(=O)Nc1ccc(S(N)(=O)=O)cc1. The molecule has 28 heavy (non-hydrogen) atoms. The first-order valence-electron chi connectivity index (χ1n) is 10.4. The van der Waals surface area contributed by atoms with Gasteiger partial charge in [-0.2, -0.15) is 0 Å². The maximum absolute atomic E-state index is 12.7. The van der Waals surface area contributed by atoms with Gasteiger partial charge in [0.1, 0.15) is 0 Å². The average Bonchev–Trinajstić information content (AvgIpc) is 2.60. The number of carbonyl (C=O) groups excluding carboxylic acids is 1. The van der Waals surface area contributed by atoms with E-state index in [9.17, 15) is 13.2 Å². The number of benzene rings is 1. The van der Waals surface area contributed by atoms with Crippen LogP contribution in [0.25, 0.3) is 0 Å². The second kappa shape index (κ2) is 7.11. The number of primary sulfonamides is 1. The van der Waals surface area contributed by atoms with E-state index in [0.717, 1.165) is 17.8 Å². The average molecular weight is 407 g/mol. The van der Waals surface area contributed by atoms with Gasteiger partial charge in [-0.15, -0.1) is 0 Å². The van der Waals surface area contributed by atoms with E-state index in [-0.39, 0.29) is 16.8 Å². The minimum atomic E-state index is -3.72. The van der Waals surface area contributed by atoms with Crippen molar-refractivity contribution < 1.29 is 18.5 Å². The van der Waals surface area contributed by atoms with Gasteiger partial charge in [-0.3, -0.25) is 4.79 Å². The summed E-state index contributed by atoms with van der Waals surface area (Å²) in [6, 6.07) is 6.22. The van der Waals surface area contributed by atoms with Gasteiger partial charge in [-0.1, -0.05) is 0 Å². The number of rotatable bonds is 6. The van der Waals surface area contributed by atoms with Gasteiger partial charge in [0, 0.05) is 11.1 Å². The highest BCUT2D eigenvalue weighted by Crippen LogP contribution is 2.60. The van der Waals surface area contributed by atoms with Crippen LogP contribution in [0.2, 0.25) is 0 Å². The zero-order chi connectivity index (χ0) is 20.1. The third-order valence-corrected chi connectivity index (χ3v) is 8.42. The molecule has 4 bridgehead atoms. The van der Waals surface area contributed by atoms with Crippen LogP contribution in [-0.4, -0.2) is 26.4 Å². The number of hydrogen-bond acceptors (Lipinski definition) is 3. The predicted octanol–water partition coefficient (Wildman–Crippen LogP) is 1.83. The zero-order valence-electron chi connectivity index (χ0n) is 16.7. The van der Waals surface area contributed by atoms with Gasteiger partial charge < -0.3 is 10.6 Å². The van der Waals surface area contributed by atoms with Gasteiger partial charge >= 0.3 is 0 Å². The van der Waals surface area contributed by atoms with Crippen LogP contribution in [-0.2, 0) is 14.8 Å². The molecule has 154 valence electrons. The number of quaternary nitrogens is 1. The monoisotopic (exact) mass is 406 g/mol. The molecule has 4 fully saturated rings. The molecule has 4 saturated carbocycles. The second-order valence-corrected chi connectivity index (χ2v) is 11.2. The van der Waals surface area contributed by atoms with Crippen molar-refractivity contribution in [3.63, 3.8) is 0 Å². The fourth-order valence-corrected chi connectivity index (χ4v) is 6.96. The van der Waals surface area contributed by atoms with Crippen LogP contribution < -0.4 is 15.8 Å². The number of carbonyl (C=O) groups is 1. The van der Waals surface area contributed by atoms with E-state index < -0.39 is 10.0 Å². The summed E-state index contributed by atoms with van der Waals surface area (Å²) in [5.74, 6) is 2.66. The van der Waals surface area contributed by atoms with E-state index in [0.29, 0.717) is 17.1 Å². The minimum absolute atomic E-state index is 0.0422. The lowest BCUT2D eigenvalue weighted by Gasteiger charge is -2.58. The summed E-state index contributed by atoms with van der Waals surface area (Å²) in [5.41, 5.74) is 0.987. The molecule has 4 aliphatic rings. The van der Waals surface area contributed by atoms with Gasteiger partial charge in [0.15, 0.2) is 6.04 Å². The summed E-state index contributed by atoms with van der Waals surface area (Å²) in [6.45, 7) is 4.25. The molecule has 1 aromatic carbocycles. The van der Waals surface area contributed by atoms with E-state index in [2.05, 4.69) is 17.6 Å². The Bertz CT molecular complexity index is 815. The lowest BCUT2D eigenvalue weighted by Crippen LogP contribution is -2.98. The van der Waals surface area contributed by atoms with Crippen molar-refractivity contribution in [2.24, 2.45) is 28.3 Å². The third-order valence-electron chi connectivity index (χ3n) is 7.49. The summed E-state index contributed by atoms with van der Waals surface area (Å²) >= 11 is 0. The molecule has 6 nitrogen and oxygen atoms in total. The Kier molecular flexibility index (Phi) is 5.04. The van der Waals surface area contributed by atoms with E-state index in [1.54, 1.807) is 12.1 Å². The lowest BCUT2D eigenvalue weighted by atomic mass is 9.48. The molecule has 0 aromatic heterocycles. The van der Waals surface area contributed by atoms with Gasteiger partial charge in [0.25, 0.3) is 5.91 Å². The summed E-state index contributed by atoms with van der Waals surface area (Å²) in [6.07, 6.45) is 8.28. The van der Waals surface area contributed by atoms with Crippen molar-refractivity contribution in [1.82, 2.24) is 0 Å². The molecule has 1 amide bonds. The van der Waals surface area contributed by atoms with Crippen LogP contribution >= 0.6 is 0 Å². The van der Waals surface area contributed by atoms with E-state index >= 15 is 0 Å². The summed E-state index contributed by atoms with van der Waals surface area (Å²) in [7, 11) is -3.72. The molecule has 4 aliphatic carbocycles. The van der Waals surface area contributed by atoms with Gasteiger partial charge in [-0.25, -0.2) is 13.6 Å². The summed E-state index contributed by atoms with van der Waals surface area (Å²) in [5, 5.41) is 10.2. The Balaban J connectivity index is 1.37. The number of sulfonamides is 1. The summed E-state index contributed by atoms with van der Waals surface area (Å²) < 4.78 is 22.7. The molecule has 0 radical (unpaired) electrons. The number of anilines is 1. The second-order valence-electron chi connectivity index (χ2n) is 9.61. The molecule has 5 N–H and O–H groups in total. The molecule has 0 heterocycles. The maximum atomic E-state index is 12.7. The largest absolute Gasteiger partial charge is 0.334 e. The standard InChI is InChI=1S/C21H31N3O3S/c1-13(20(25)24-18-3-5-19(6-4-18)28(22,26)27)23-14(2)21-10-15-7-16(11-21)9-17(8-15)12-21/h3-6,13-17,23H,7-12H2,1-2H3,(H,24,25)(H2,22,26,27)/p+1/t13-,14-,15?,16?,17?,21?/m0/s1. The molecule has 0 aliphatic heterocycles. The quantitative estimate of drug-likeness (QED) is 0.671. The molecule has 0 saturated heterocycles. The molecular formula is C21H32N3O3S+. The summed E-state index contributed by atoms with van der Waals surface area (Å²) in [4.78, 5) is 12.7. The highest BCUT2D eigenvalue weighted by atomic mass is 32.2. The molecule has 1 aromatic rings. The van der Waals surface area contributed by atoms with Gasteiger partial charge in [-0.05, 0) is 94.4 Å². The van der Waals surface area contributed by atoms with E-state index in [1.165, 1.54) is 50.7 Å². The Labute approximate surface area is 167 Å². The topological polar surface area (TPSA) is 106 Å². The highest BCUT2D eigenvalue weighted by Gasteiger charge is 2.54. The fourth-order valence-electron chi connectivity index (χ4n) is 6.44. The van der Waals surface area contributed by atoms with Crippen LogP contribution in [0.5, 0.6) is 0 Å². The number of amides is 1. The smallest absolute Gasteiger partial charge is 0.282 e. The van der Waals surface area contributed by atoms with Crippen molar-refractivity contribution in [2.45, 2.75) is 69.4 Å². The normalized spacial score (nSPS) is 33.5. The van der Waals surface area contributed by atoms with Crippen LogP contribution in [0.3, 0.4) is 0 Å². The van der Waals surface area contributed by atoms with E-state index in [4.69, 9.17) is 5.14 Å². The van der Waals surface area contributed by atoms with E-state index in [1.807, 2.05) is 6.92 Å². The van der Waals surface area contributed by atoms with Crippen LogP contribution in [0.4, 0.5) is 5.69 Å². The lowest BCUT2D eigenvalue weighted by molar-refractivity contribution is -0.718. The number of nitrogens with two attached hydrogens (primary N) is 2. The van der Waals surface area contributed by atoms with Crippen molar-refractivity contribution >= 4 is 21.6 Å². The van der Waals surface area contributed by atoms with Crippen LogP contribution in [0.1, 0.15) is 52.4 Å². The fraction of sp³-hybridized carbons (Fsp3) is 0.667. The van der Waals surface area contributed by atoms with Gasteiger partial charge in [0.2, 0.25) is 10.0 Å². The Morgan fingerprint density at radius 3 is 2.04 bits per heavy atom. The van der Waals surface area contributed by atoms with Crippen molar-refractivity contribution in [1.29, 1.82) is 0 Å². The maximum Gasteiger partial charge on any atom is 0.282 e. The predicted molar refractivity (Wildman–Crippen MR) is 108 cm³/mol. The molecule has 7 heteroatoms. The molecule has 0 unspecified atom stereocenters.